The molecule has 1 fully saturated rings. The zero-order valence-electron chi connectivity index (χ0n) is 10.7. The van der Waals surface area contributed by atoms with Crippen molar-refractivity contribution in [2.45, 2.75) is 32.4 Å². The van der Waals surface area contributed by atoms with E-state index >= 15 is 0 Å². The molecule has 0 radical (unpaired) electrons. The Kier molecular flexibility index (Phi) is 3.15. The summed E-state index contributed by atoms with van der Waals surface area (Å²) in [4.78, 5) is 0. The third-order valence-electron chi connectivity index (χ3n) is 3.61. The number of rotatable bonds is 5. The van der Waals surface area contributed by atoms with E-state index in [0.29, 0.717) is 6.04 Å². The van der Waals surface area contributed by atoms with Gasteiger partial charge in [0.05, 0.1) is 6.20 Å². The predicted octanol–water partition coefficient (Wildman–Crippen LogP) is 2.96. The van der Waals surface area contributed by atoms with Crippen LogP contribution < -0.4 is 5.32 Å². The summed E-state index contributed by atoms with van der Waals surface area (Å²) < 4.78 is 0. The Balaban J connectivity index is 1.70. The number of aryl methyl sites for hydroxylation is 1. The van der Waals surface area contributed by atoms with Crippen molar-refractivity contribution in [3.05, 3.63) is 53.3 Å². The highest BCUT2D eigenvalue weighted by atomic mass is 15.1. The van der Waals surface area contributed by atoms with E-state index in [1.54, 1.807) is 0 Å². The van der Waals surface area contributed by atoms with Crippen molar-refractivity contribution in [2.75, 3.05) is 0 Å². The topological polar surface area (TPSA) is 40.7 Å². The maximum atomic E-state index is 3.98. The number of hydrogen-bond donors (Lipinski definition) is 2. The van der Waals surface area contributed by atoms with E-state index in [2.05, 4.69) is 46.7 Å². The van der Waals surface area contributed by atoms with Gasteiger partial charge in [0, 0.05) is 24.3 Å². The molecule has 1 aliphatic rings. The Morgan fingerprint density at radius 1 is 1.33 bits per heavy atom. The number of hydrogen-bond acceptors (Lipinski definition) is 2. The van der Waals surface area contributed by atoms with E-state index in [9.17, 15) is 0 Å². The van der Waals surface area contributed by atoms with Gasteiger partial charge in [0.2, 0.25) is 0 Å². The minimum Gasteiger partial charge on any atom is -0.305 e. The zero-order chi connectivity index (χ0) is 12.4. The van der Waals surface area contributed by atoms with Crippen molar-refractivity contribution in [1.82, 2.24) is 15.5 Å². The summed E-state index contributed by atoms with van der Waals surface area (Å²) in [7, 11) is 0. The molecule has 1 unspecified atom stereocenters. The van der Waals surface area contributed by atoms with Gasteiger partial charge in [-0.25, -0.2) is 0 Å². The number of benzene rings is 1. The fourth-order valence-corrected chi connectivity index (χ4v) is 2.36. The van der Waals surface area contributed by atoms with Crippen LogP contribution in [0.2, 0.25) is 0 Å². The van der Waals surface area contributed by atoms with Crippen LogP contribution in [0, 0.1) is 12.8 Å². The summed E-state index contributed by atoms with van der Waals surface area (Å²) in [5, 5.41) is 10.5. The Hall–Kier alpha value is -1.61. The Bertz CT molecular complexity index is 483. The van der Waals surface area contributed by atoms with Gasteiger partial charge in [-0.3, -0.25) is 5.10 Å². The highest BCUT2D eigenvalue weighted by Crippen LogP contribution is 2.41. The molecule has 1 aliphatic carbocycles. The standard InChI is InChI=1S/C15H19N3/c1-11-2-4-13(5-3-11)15(14-6-7-14)16-8-12-9-17-18-10-12/h2-5,9-10,14-16H,6-8H2,1H3,(H,17,18). The van der Waals surface area contributed by atoms with Gasteiger partial charge in [0.25, 0.3) is 0 Å². The molecule has 94 valence electrons. The minimum atomic E-state index is 0.487. The van der Waals surface area contributed by atoms with Gasteiger partial charge in [0.15, 0.2) is 0 Å². The lowest BCUT2D eigenvalue weighted by atomic mass is 10.0. The summed E-state index contributed by atoms with van der Waals surface area (Å²) in [5.41, 5.74) is 3.95. The van der Waals surface area contributed by atoms with Crippen LogP contribution in [0.15, 0.2) is 36.7 Å². The summed E-state index contributed by atoms with van der Waals surface area (Å²) in [5.74, 6) is 0.805. The molecule has 2 N–H and O–H groups in total. The average Bonchev–Trinajstić information content (AvgIpc) is 3.08. The van der Waals surface area contributed by atoms with Crippen molar-refractivity contribution in [3.63, 3.8) is 0 Å². The van der Waals surface area contributed by atoms with Crippen LogP contribution >= 0.6 is 0 Å². The molecule has 1 aromatic carbocycles. The first-order valence-corrected chi connectivity index (χ1v) is 6.60. The smallest absolute Gasteiger partial charge is 0.0532 e. The molecule has 0 saturated heterocycles. The predicted molar refractivity (Wildman–Crippen MR) is 72.1 cm³/mol. The second-order valence-corrected chi connectivity index (χ2v) is 5.21. The van der Waals surface area contributed by atoms with Crippen molar-refractivity contribution in [3.8, 4) is 0 Å². The molecule has 3 nitrogen and oxygen atoms in total. The van der Waals surface area contributed by atoms with E-state index in [1.165, 1.54) is 29.5 Å². The molecule has 1 atom stereocenters. The van der Waals surface area contributed by atoms with Crippen LogP contribution in [0.1, 0.15) is 35.6 Å². The molecular weight excluding hydrogens is 222 g/mol. The van der Waals surface area contributed by atoms with Crippen LogP contribution in [-0.2, 0) is 6.54 Å². The van der Waals surface area contributed by atoms with Gasteiger partial charge in [-0.1, -0.05) is 29.8 Å². The molecular formula is C15H19N3. The molecule has 0 bridgehead atoms. The molecule has 0 aliphatic heterocycles. The number of nitrogens with one attached hydrogen (secondary N) is 2. The van der Waals surface area contributed by atoms with E-state index < -0.39 is 0 Å². The van der Waals surface area contributed by atoms with Crippen LogP contribution in [0.3, 0.4) is 0 Å². The highest BCUT2D eigenvalue weighted by Gasteiger charge is 2.31. The van der Waals surface area contributed by atoms with Crippen molar-refractivity contribution in [1.29, 1.82) is 0 Å². The fraction of sp³-hybridized carbons (Fsp3) is 0.400. The van der Waals surface area contributed by atoms with Crippen molar-refractivity contribution < 1.29 is 0 Å². The van der Waals surface area contributed by atoms with E-state index in [0.717, 1.165) is 12.5 Å². The van der Waals surface area contributed by atoms with Crippen LogP contribution in [0.5, 0.6) is 0 Å². The van der Waals surface area contributed by atoms with Gasteiger partial charge in [-0.05, 0) is 31.2 Å². The van der Waals surface area contributed by atoms with Gasteiger partial charge in [-0.15, -0.1) is 0 Å². The lowest BCUT2D eigenvalue weighted by Gasteiger charge is -2.18. The lowest BCUT2D eigenvalue weighted by Crippen LogP contribution is -2.22. The van der Waals surface area contributed by atoms with Gasteiger partial charge in [0.1, 0.15) is 0 Å². The quantitative estimate of drug-likeness (QED) is 0.845. The Morgan fingerprint density at radius 2 is 2.11 bits per heavy atom. The zero-order valence-corrected chi connectivity index (χ0v) is 10.7. The third kappa shape index (κ3) is 2.62. The Labute approximate surface area is 108 Å². The first-order chi connectivity index (χ1) is 8.83. The monoisotopic (exact) mass is 241 g/mol. The molecule has 18 heavy (non-hydrogen) atoms. The van der Waals surface area contributed by atoms with Crippen LogP contribution in [0.25, 0.3) is 0 Å². The maximum absolute atomic E-state index is 3.98. The summed E-state index contributed by atoms with van der Waals surface area (Å²) in [6, 6.07) is 9.39. The van der Waals surface area contributed by atoms with Gasteiger partial charge in [-0.2, -0.15) is 5.10 Å². The van der Waals surface area contributed by atoms with Crippen LogP contribution in [-0.4, -0.2) is 10.2 Å². The molecule has 1 heterocycles. The molecule has 3 heteroatoms. The maximum Gasteiger partial charge on any atom is 0.0532 e. The molecule has 1 aromatic heterocycles. The number of H-pyrrole nitrogens is 1. The van der Waals surface area contributed by atoms with Gasteiger partial charge >= 0.3 is 0 Å². The third-order valence-corrected chi connectivity index (χ3v) is 3.61. The number of aromatic amines is 1. The number of nitrogens with zero attached hydrogens (tertiary/aromatic N) is 1. The Morgan fingerprint density at radius 3 is 2.72 bits per heavy atom. The summed E-state index contributed by atoms with van der Waals surface area (Å²) in [6.45, 7) is 3.01. The average molecular weight is 241 g/mol. The first kappa shape index (κ1) is 11.5. The normalized spacial score (nSPS) is 16.7. The van der Waals surface area contributed by atoms with Gasteiger partial charge < -0.3 is 5.32 Å². The SMILES string of the molecule is Cc1ccc(C(NCc2cn[nH]c2)C2CC2)cc1. The molecule has 3 rings (SSSR count). The largest absolute Gasteiger partial charge is 0.305 e. The van der Waals surface area contributed by atoms with E-state index in [1.807, 2.05) is 12.4 Å². The highest BCUT2D eigenvalue weighted by molar-refractivity contribution is 5.25. The minimum absolute atomic E-state index is 0.487. The molecule has 0 amide bonds. The fourth-order valence-electron chi connectivity index (χ4n) is 2.36. The van der Waals surface area contributed by atoms with Crippen molar-refractivity contribution in [2.24, 2.45) is 5.92 Å². The summed E-state index contributed by atoms with van der Waals surface area (Å²) >= 11 is 0. The lowest BCUT2D eigenvalue weighted by molar-refractivity contribution is 0.480. The second kappa shape index (κ2) is 4.94. The first-order valence-electron chi connectivity index (χ1n) is 6.60. The second-order valence-electron chi connectivity index (χ2n) is 5.21. The van der Waals surface area contributed by atoms with Crippen molar-refractivity contribution >= 4 is 0 Å². The number of aromatic nitrogens is 2. The van der Waals surface area contributed by atoms with E-state index in [-0.39, 0.29) is 0 Å². The molecule has 2 aromatic rings. The van der Waals surface area contributed by atoms with Crippen LogP contribution in [0.4, 0.5) is 0 Å². The summed E-state index contributed by atoms with van der Waals surface area (Å²) in [6.07, 6.45) is 6.52. The molecule has 1 saturated carbocycles. The molecule has 0 spiro atoms. The van der Waals surface area contributed by atoms with E-state index in [4.69, 9.17) is 0 Å².